The van der Waals surface area contributed by atoms with Crippen LogP contribution in [-0.4, -0.2) is 49.2 Å². The second-order valence-corrected chi connectivity index (χ2v) is 8.61. The number of rotatable bonds is 7. The van der Waals surface area contributed by atoms with E-state index in [4.69, 9.17) is 4.74 Å². The highest BCUT2D eigenvalue weighted by Crippen LogP contribution is 2.24. The normalized spacial score (nSPS) is 16.3. The van der Waals surface area contributed by atoms with E-state index in [1.54, 1.807) is 0 Å². The van der Waals surface area contributed by atoms with Gasteiger partial charge in [0.2, 0.25) is 0 Å². The molecule has 1 aliphatic rings. The number of urea groups is 1. The number of hydrogen-bond donors (Lipinski definition) is 2. The van der Waals surface area contributed by atoms with Gasteiger partial charge in [0.1, 0.15) is 0 Å². The highest BCUT2D eigenvalue weighted by molar-refractivity contribution is 5.94. The summed E-state index contributed by atoms with van der Waals surface area (Å²) in [4.78, 5) is 26.1. The van der Waals surface area contributed by atoms with E-state index >= 15 is 0 Å². The first kappa shape index (κ1) is 23.7. The van der Waals surface area contributed by atoms with E-state index in [0.29, 0.717) is 4.48 Å². The fourth-order valence-electron chi connectivity index (χ4n) is 4.36. The number of benzene rings is 2. The molecule has 0 unspecified atom stereocenters. The fourth-order valence-corrected chi connectivity index (χ4v) is 4.36. The van der Waals surface area contributed by atoms with Gasteiger partial charge in [-0.25, -0.2) is 13.7 Å². The van der Waals surface area contributed by atoms with Gasteiger partial charge >= 0.3 is 6.03 Å². The maximum absolute atomic E-state index is 14.1. The largest absolute Gasteiger partial charge is 0.494 e. The summed E-state index contributed by atoms with van der Waals surface area (Å²) in [7, 11) is 1.38. The third kappa shape index (κ3) is 5.27. The van der Waals surface area contributed by atoms with Crippen molar-refractivity contribution < 1.29 is 23.2 Å². The SMILES string of the molecule is COc1ccc(C(=O)N[C@@H](CNC(=O)[N+]2(C(C)C)CCCCC2)c2ccccc2)cc1F. The topological polar surface area (TPSA) is 67.4 Å². The molecule has 0 radical (unpaired) electrons. The van der Waals surface area contributed by atoms with Crippen molar-refractivity contribution >= 4 is 11.9 Å². The highest BCUT2D eigenvalue weighted by Gasteiger charge is 2.41. The summed E-state index contributed by atoms with van der Waals surface area (Å²) in [6, 6.07) is 13.3. The minimum Gasteiger partial charge on any atom is -0.494 e. The van der Waals surface area contributed by atoms with Gasteiger partial charge in [0, 0.05) is 12.1 Å². The minimum atomic E-state index is -0.599. The number of carbonyl (C=O) groups excluding carboxylic acids is 2. The lowest BCUT2D eigenvalue weighted by Crippen LogP contribution is -2.63. The summed E-state index contributed by atoms with van der Waals surface area (Å²) in [5.74, 6) is -0.934. The quantitative estimate of drug-likeness (QED) is 0.624. The van der Waals surface area contributed by atoms with Crippen LogP contribution in [-0.2, 0) is 0 Å². The first-order valence-electron chi connectivity index (χ1n) is 11.2. The third-order valence-corrected chi connectivity index (χ3v) is 6.39. The molecule has 3 rings (SSSR count). The molecule has 7 heteroatoms. The van der Waals surface area contributed by atoms with Gasteiger partial charge in [0.05, 0.1) is 32.3 Å². The van der Waals surface area contributed by atoms with Crippen LogP contribution in [0.1, 0.15) is 55.1 Å². The second-order valence-electron chi connectivity index (χ2n) is 8.61. The lowest BCUT2D eigenvalue weighted by Gasteiger charge is -2.42. The molecule has 32 heavy (non-hydrogen) atoms. The number of likely N-dealkylation sites (tertiary alicyclic amines) is 1. The Hall–Kier alpha value is -2.93. The number of quaternary nitrogens is 1. The second kappa shape index (κ2) is 10.6. The number of carbonyl (C=O) groups is 2. The molecule has 0 bridgehead atoms. The molecule has 1 atom stereocenters. The molecule has 1 saturated heterocycles. The molecule has 1 heterocycles. The fraction of sp³-hybridized carbons (Fsp3) is 0.440. The van der Waals surface area contributed by atoms with Crippen LogP contribution in [0.25, 0.3) is 0 Å². The molecule has 3 amide bonds. The molecule has 2 N–H and O–H groups in total. The summed E-state index contributed by atoms with van der Waals surface area (Å²) < 4.78 is 19.4. The van der Waals surface area contributed by atoms with Crippen molar-refractivity contribution in [2.24, 2.45) is 0 Å². The molecule has 6 nitrogen and oxygen atoms in total. The Morgan fingerprint density at radius 2 is 1.75 bits per heavy atom. The zero-order valence-electron chi connectivity index (χ0n) is 19.1. The maximum atomic E-state index is 14.1. The van der Waals surface area contributed by atoms with Gasteiger partial charge < -0.3 is 15.4 Å². The molecule has 2 aromatic carbocycles. The number of nitrogens with zero attached hydrogens (tertiary/aromatic N) is 1. The number of methoxy groups -OCH3 is 1. The number of ether oxygens (including phenoxy) is 1. The van der Waals surface area contributed by atoms with E-state index < -0.39 is 17.8 Å². The summed E-state index contributed by atoms with van der Waals surface area (Å²) in [5.41, 5.74) is 1.06. The third-order valence-electron chi connectivity index (χ3n) is 6.39. The van der Waals surface area contributed by atoms with Crippen LogP contribution in [0, 0.1) is 5.82 Å². The Balaban J connectivity index is 1.76. The van der Waals surface area contributed by atoms with E-state index in [2.05, 4.69) is 24.5 Å². The Labute approximate surface area is 189 Å². The molecule has 172 valence electrons. The van der Waals surface area contributed by atoms with Crippen molar-refractivity contribution in [3.05, 3.63) is 65.5 Å². The van der Waals surface area contributed by atoms with Crippen molar-refractivity contribution in [3.8, 4) is 5.75 Å². The number of halogens is 1. The zero-order chi connectivity index (χ0) is 23.1. The Bertz CT molecular complexity index is 927. The highest BCUT2D eigenvalue weighted by atomic mass is 19.1. The van der Waals surface area contributed by atoms with Crippen LogP contribution in [0.5, 0.6) is 5.75 Å². The number of amides is 3. The first-order valence-corrected chi connectivity index (χ1v) is 11.2. The molecule has 2 aromatic rings. The van der Waals surface area contributed by atoms with Gasteiger partial charge in [-0.15, -0.1) is 0 Å². The lowest BCUT2D eigenvalue weighted by molar-refractivity contribution is -0.876. The monoisotopic (exact) mass is 442 g/mol. The van der Waals surface area contributed by atoms with Crippen molar-refractivity contribution in [1.82, 2.24) is 10.6 Å². The van der Waals surface area contributed by atoms with Gasteiger partial charge in [-0.05, 0) is 56.9 Å². The number of piperidine rings is 1. The van der Waals surface area contributed by atoms with E-state index in [0.717, 1.165) is 44.0 Å². The molecular formula is C25H33FN3O3+. The molecule has 0 aromatic heterocycles. The van der Waals surface area contributed by atoms with Crippen LogP contribution in [0.4, 0.5) is 9.18 Å². The predicted octanol–water partition coefficient (Wildman–Crippen LogP) is 4.42. The van der Waals surface area contributed by atoms with Gasteiger partial charge in [-0.1, -0.05) is 30.3 Å². The summed E-state index contributed by atoms with van der Waals surface area (Å²) in [6.07, 6.45) is 3.22. The van der Waals surface area contributed by atoms with Gasteiger partial charge in [0.15, 0.2) is 11.6 Å². The average molecular weight is 443 g/mol. The Kier molecular flexibility index (Phi) is 7.85. The van der Waals surface area contributed by atoms with Crippen molar-refractivity contribution in [2.75, 3.05) is 26.7 Å². The van der Waals surface area contributed by atoms with E-state index in [9.17, 15) is 14.0 Å². The van der Waals surface area contributed by atoms with Crippen molar-refractivity contribution in [2.45, 2.75) is 45.2 Å². The average Bonchev–Trinajstić information content (AvgIpc) is 2.82. The van der Waals surface area contributed by atoms with Crippen LogP contribution in [0.15, 0.2) is 48.5 Å². The predicted molar refractivity (Wildman–Crippen MR) is 122 cm³/mol. The molecule has 1 aliphatic heterocycles. The van der Waals surface area contributed by atoms with Crippen LogP contribution < -0.4 is 15.4 Å². The maximum Gasteiger partial charge on any atom is 0.416 e. The van der Waals surface area contributed by atoms with Crippen LogP contribution in [0.3, 0.4) is 0 Å². The van der Waals surface area contributed by atoms with E-state index in [1.165, 1.54) is 19.2 Å². The number of hydrogen-bond acceptors (Lipinski definition) is 3. The van der Waals surface area contributed by atoms with Crippen molar-refractivity contribution in [3.63, 3.8) is 0 Å². The molecular weight excluding hydrogens is 409 g/mol. The van der Waals surface area contributed by atoms with Gasteiger partial charge in [-0.2, -0.15) is 0 Å². The molecule has 1 fully saturated rings. The van der Waals surface area contributed by atoms with Crippen LogP contribution in [0.2, 0.25) is 0 Å². The van der Waals surface area contributed by atoms with Gasteiger partial charge in [-0.3, -0.25) is 4.79 Å². The summed E-state index contributed by atoms with van der Waals surface area (Å²) in [5, 5.41) is 6.03. The summed E-state index contributed by atoms with van der Waals surface area (Å²) in [6.45, 7) is 6.08. The Morgan fingerprint density at radius 1 is 1.06 bits per heavy atom. The van der Waals surface area contributed by atoms with E-state index in [1.807, 2.05) is 30.3 Å². The molecule has 0 spiro atoms. The summed E-state index contributed by atoms with van der Waals surface area (Å²) >= 11 is 0. The zero-order valence-corrected chi connectivity index (χ0v) is 19.1. The Morgan fingerprint density at radius 3 is 2.34 bits per heavy atom. The molecule has 0 aliphatic carbocycles. The molecule has 0 saturated carbocycles. The standard InChI is InChI=1S/C25H32FN3O3/c1-18(2)29(14-8-5-9-15-29)25(31)27-17-22(19-10-6-4-7-11-19)28-24(30)20-12-13-23(32-3)21(26)16-20/h4,6-7,10-13,16,18,22H,5,8-9,14-15,17H2,1-3H3,(H-,27,28,30,31)/p+1/t22-/m0/s1. The van der Waals surface area contributed by atoms with Crippen LogP contribution >= 0.6 is 0 Å². The number of nitrogens with one attached hydrogen (secondary N) is 2. The van der Waals surface area contributed by atoms with Crippen molar-refractivity contribution in [1.29, 1.82) is 0 Å². The van der Waals surface area contributed by atoms with Gasteiger partial charge in [0.25, 0.3) is 5.91 Å². The smallest absolute Gasteiger partial charge is 0.416 e. The lowest BCUT2D eigenvalue weighted by atomic mass is 10.0. The minimum absolute atomic E-state index is 0.00891. The first-order chi connectivity index (χ1) is 15.4. The van der Waals surface area contributed by atoms with E-state index in [-0.39, 0.29) is 29.9 Å².